The summed E-state index contributed by atoms with van der Waals surface area (Å²) in [6.45, 7) is 3.72. The number of methoxy groups -OCH3 is 1. The van der Waals surface area contributed by atoms with Crippen LogP contribution in [0.2, 0.25) is 0 Å². The lowest BCUT2D eigenvalue weighted by Gasteiger charge is -2.28. The molecule has 10 heteroatoms. The minimum absolute atomic E-state index is 0.0757. The topological polar surface area (TPSA) is 131 Å². The number of esters is 1. The number of carbonyl (C=O) groups is 3. The first-order valence-electron chi connectivity index (χ1n) is 12.4. The van der Waals surface area contributed by atoms with Crippen molar-refractivity contribution in [1.29, 1.82) is 5.26 Å². The molecule has 2 heterocycles. The number of hydrogen-bond acceptors (Lipinski definition) is 9. The highest BCUT2D eigenvalue weighted by Crippen LogP contribution is 2.41. The second kappa shape index (κ2) is 12.9. The van der Waals surface area contributed by atoms with Gasteiger partial charge in [0.15, 0.2) is 5.78 Å². The number of rotatable bonds is 10. The minimum atomic E-state index is -0.793. The lowest BCUT2D eigenvalue weighted by Crippen LogP contribution is -2.30. The number of ether oxygens (including phenoxy) is 2. The zero-order valence-electron chi connectivity index (χ0n) is 22.1. The van der Waals surface area contributed by atoms with Crippen molar-refractivity contribution in [2.75, 3.05) is 24.8 Å². The van der Waals surface area contributed by atoms with Crippen LogP contribution in [0.5, 0.6) is 5.75 Å². The van der Waals surface area contributed by atoms with Gasteiger partial charge in [0.25, 0.3) is 5.91 Å². The van der Waals surface area contributed by atoms with Crippen molar-refractivity contribution in [2.45, 2.75) is 19.8 Å². The molecule has 2 N–H and O–H groups in total. The van der Waals surface area contributed by atoms with Gasteiger partial charge in [-0.2, -0.15) is 5.26 Å². The van der Waals surface area contributed by atoms with Crippen LogP contribution in [0.4, 0.5) is 5.69 Å². The second-order valence-electron chi connectivity index (χ2n) is 8.66. The van der Waals surface area contributed by atoms with E-state index in [-0.39, 0.29) is 23.7 Å². The number of dihydropyridines is 1. The average molecular weight is 558 g/mol. The summed E-state index contributed by atoms with van der Waals surface area (Å²) in [7, 11) is 1.55. The van der Waals surface area contributed by atoms with E-state index in [1.54, 1.807) is 81.6 Å². The number of hydrogen-bond donors (Lipinski definition) is 2. The number of allylic oxidation sites excluding steroid dienone is 2. The number of nitrogens with zero attached hydrogens (tertiary/aromatic N) is 1. The number of furan rings is 1. The summed E-state index contributed by atoms with van der Waals surface area (Å²) in [5.74, 6) is -0.667. The highest BCUT2D eigenvalue weighted by molar-refractivity contribution is 8.03. The Morgan fingerprint density at radius 1 is 1.07 bits per heavy atom. The third-order valence-corrected chi connectivity index (χ3v) is 7.15. The van der Waals surface area contributed by atoms with Crippen LogP contribution < -0.4 is 15.4 Å². The van der Waals surface area contributed by atoms with Crippen LogP contribution in [0.15, 0.2) is 93.2 Å². The molecule has 2 aromatic carbocycles. The molecule has 0 bridgehead atoms. The molecule has 40 heavy (non-hydrogen) atoms. The molecule has 1 aliphatic heterocycles. The van der Waals surface area contributed by atoms with Crippen molar-refractivity contribution in [1.82, 2.24) is 5.32 Å². The Kier molecular flexibility index (Phi) is 9.09. The van der Waals surface area contributed by atoms with Crippen LogP contribution >= 0.6 is 11.8 Å². The lowest BCUT2D eigenvalue weighted by molar-refractivity contribution is -0.113. The highest BCUT2D eigenvalue weighted by Gasteiger charge is 2.36. The van der Waals surface area contributed by atoms with Crippen LogP contribution in [0.25, 0.3) is 0 Å². The fraction of sp³-hybridized carbons (Fsp3) is 0.200. The number of nitriles is 1. The van der Waals surface area contributed by atoms with Crippen LogP contribution in [0.1, 0.15) is 46.2 Å². The summed E-state index contributed by atoms with van der Waals surface area (Å²) < 4.78 is 15.8. The molecule has 0 aliphatic carbocycles. The van der Waals surface area contributed by atoms with Gasteiger partial charge in [-0.1, -0.05) is 11.8 Å². The van der Waals surface area contributed by atoms with E-state index in [2.05, 4.69) is 16.7 Å². The van der Waals surface area contributed by atoms with E-state index in [1.165, 1.54) is 18.0 Å². The first kappa shape index (κ1) is 28.3. The second-order valence-corrected chi connectivity index (χ2v) is 9.64. The van der Waals surface area contributed by atoms with E-state index in [1.807, 2.05) is 0 Å². The third kappa shape index (κ3) is 6.27. The number of anilines is 1. The van der Waals surface area contributed by atoms with Gasteiger partial charge in [-0.25, -0.2) is 4.79 Å². The van der Waals surface area contributed by atoms with Gasteiger partial charge in [0, 0.05) is 16.9 Å². The van der Waals surface area contributed by atoms with Crippen molar-refractivity contribution in [3.05, 3.63) is 106 Å². The molecule has 4 rings (SSSR count). The smallest absolute Gasteiger partial charge is 0.338 e. The van der Waals surface area contributed by atoms with E-state index < -0.39 is 17.8 Å². The number of thioether (sulfide) groups is 1. The Morgan fingerprint density at radius 3 is 2.38 bits per heavy atom. The van der Waals surface area contributed by atoms with Crippen molar-refractivity contribution in [3.8, 4) is 11.8 Å². The fourth-order valence-corrected chi connectivity index (χ4v) is 5.15. The molecule has 0 fully saturated rings. The van der Waals surface area contributed by atoms with E-state index in [0.717, 1.165) is 0 Å². The number of ketones is 1. The maximum atomic E-state index is 13.5. The van der Waals surface area contributed by atoms with Gasteiger partial charge in [0.2, 0.25) is 0 Å². The van der Waals surface area contributed by atoms with Gasteiger partial charge in [0.05, 0.1) is 59.5 Å². The normalized spacial score (nSPS) is 14.7. The summed E-state index contributed by atoms with van der Waals surface area (Å²) in [5.41, 5.74) is 2.42. The van der Waals surface area contributed by atoms with Gasteiger partial charge in [0.1, 0.15) is 11.5 Å². The molecule has 1 atom stereocenters. The molecule has 1 aliphatic rings. The molecule has 3 aromatic rings. The monoisotopic (exact) mass is 557 g/mol. The van der Waals surface area contributed by atoms with E-state index in [0.29, 0.717) is 44.6 Å². The maximum absolute atomic E-state index is 13.5. The Bertz CT molecular complexity index is 1500. The molecule has 1 amide bonds. The zero-order chi connectivity index (χ0) is 28.6. The summed E-state index contributed by atoms with van der Waals surface area (Å²) >= 11 is 1.19. The van der Waals surface area contributed by atoms with Gasteiger partial charge in [-0.15, -0.1) is 0 Å². The fourth-order valence-electron chi connectivity index (χ4n) is 4.17. The maximum Gasteiger partial charge on any atom is 0.338 e. The van der Waals surface area contributed by atoms with Crippen LogP contribution in [0, 0.1) is 11.3 Å². The van der Waals surface area contributed by atoms with Crippen LogP contribution in [0.3, 0.4) is 0 Å². The van der Waals surface area contributed by atoms with Crippen LogP contribution in [-0.4, -0.2) is 37.1 Å². The molecule has 0 radical (unpaired) electrons. The van der Waals surface area contributed by atoms with Crippen molar-refractivity contribution >= 4 is 35.1 Å². The lowest BCUT2D eigenvalue weighted by atomic mass is 9.85. The molecule has 0 saturated carbocycles. The zero-order valence-corrected chi connectivity index (χ0v) is 23.0. The average Bonchev–Trinajstić information content (AvgIpc) is 3.50. The van der Waals surface area contributed by atoms with Crippen LogP contribution in [-0.2, 0) is 9.53 Å². The SMILES string of the molecule is CCOC(=O)c1ccc(NC(=O)C2=C(C)NC(SCC(=O)c3ccc(OC)cc3)=C(C#N)[C@H]2c2ccco2)cc1. The molecular weight excluding hydrogens is 530 g/mol. The summed E-state index contributed by atoms with van der Waals surface area (Å²) in [6.07, 6.45) is 1.48. The summed E-state index contributed by atoms with van der Waals surface area (Å²) in [6, 6.07) is 18.7. The van der Waals surface area contributed by atoms with Crippen molar-refractivity contribution in [3.63, 3.8) is 0 Å². The minimum Gasteiger partial charge on any atom is -0.497 e. The Morgan fingerprint density at radius 2 is 1.77 bits per heavy atom. The Hall–Kier alpha value is -4.75. The van der Waals surface area contributed by atoms with Crippen molar-refractivity contribution < 1.29 is 28.3 Å². The number of benzene rings is 2. The third-order valence-electron chi connectivity index (χ3n) is 6.13. The molecule has 204 valence electrons. The molecule has 0 saturated heterocycles. The van der Waals surface area contributed by atoms with Gasteiger partial charge in [-0.05, 0) is 74.5 Å². The molecule has 0 unspecified atom stereocenters. The summed E-state index contributed by atoms with van der Waals surface area (Å²) in [4.78, 5) is 38.3. The van der Waals surface area contributed by atoms with Crippen molar-refractivity contribution in [2.24, 2.45) is 0 Å². The number of nitrogens with one attached hydrogen (secondary N) is 2. The first-order chi connectivity index (χ1) is 19.4. The number of carbonyl (C=O) groups excluding carboxylic acids is 3. The summed E-state index contributed by atoms with van der Waals surface area (Å²) in [5, 5.41) is 16.6. The Labute approximate surface area is 235 Å². The van der Waals surface area contributed by atoms with E-state index in [4.69, 9.17) is 13.9 Å². The van der Waals surface area contributed by atoms with E-state index >= 15 is 0 Å². The quantitative estimate of drug-likeness (QED) is 0.248. The molecule has 1 aromatic heterocycles. The number of Topliss-reactive ketones (excluding diaryl/α,β-unsaturated/α-hetero) is 1. The van der Waals surface area contributed by atoms with Gasteiger partial charge >= 0.3 is 5.97 Å². The largest absolute Gasteiger partial charge is 0.497 e. The number of amides is 1. The molecular formula is C30H27N3O6S. The Balaban J connectivity index is 1.57. The standard InChI is InChI=1S/C30H27N3O6S/c1-4-38-30(36)20-7-11-21(12-8-20)33-28(35)26-18(2)32-29(23(16-31)27(26)25-6-5-15-39-25)40-17-24(34)19-9-13-22(37-3)14-10-19/h5-15,27,32H,4,17H2,1-3H3,(H,33,35)/t27-/m0/s1. The predicted molar refractivity (Wildman–Crippen MR) is 151 cm³/mol. The van der Waals surface area contributed by atoms with E-state index in [9.17, 15) is 19.6 Å². The highest BCUT2D eigenvalue weighted by atomic mass is 32.2. The first-order valence-corrected chi connectivity index (χ1v) is 13.4. The molecule has 0 spiro atoms. The molecule has 9 nitrogen and oxygen atoms in total. The predicted octanol–water partition coefficient (Wildman–Crippen LogP) is 5.42. The van der Waals surface area contributed by atoms with Gasteiger partial charge < -0.3 is 24.5 Å². The van der Waals surface area contributed by atoms with Gasteiger partial charge in [-0.3, -0.25) is 9.59 Å².